The van der Waals surface area contributed by atoms with Crippen LogP contribution < -0.4 is 0 Å². The van der Waals surface area contributed by atoms with Gasteiger partial charge in [0.1, 0.15) is 16.9 Å². The van der Waals surface area contributed by atoms with Gasteiger partial charge in [0.15, 0.2) is 0 Å². The molecule has 1 aromatic heterocycles. The van der Waals surface area contributed by atoms with E-state index in [0.29, 0.717) is 5.75 Å². The smallest absolute Gasteiger partial charge is 0.327 e. The van der Waals surface area contributed by atoms with Crippen LogP contribution in [0.5, 0.6) is 0 Å². The van der Waals surface area contributed by atoms with E-state index in [0.717, 1.165) is 12.8 Å². The molecule has 2 atom stereocenters. The average Bonchev–Trinajstić information content (AvgIpc) is 2.82. The van der Waals surface area contributed by atoms with Crippen molar-refractivity contribution < 1.29 is 14.7 Å². The Morgan fingerprint density at radius 2 is 2.30 bits per heavy atom. The summed E-state index contributed by atoms with van der Waals surface area (Å²) in [6.07, 6.45) is 1.65. The fraction of sp³-hybridized carbons (Fsp3) is 0.462. The summed E-state index contributed by atoms with van der Waals surface area (Å²) in [4.78, 5) is 29.2. The van der Waals surface area contributed by atoms with E-state index in [2.05, 4.69) is 4.98 Å². The number of carboxylic acids is 1. The zero-order valence-corrected chi connectivity index (χ0v) is 12.5. The third kappa shape index (κ3) is 3.07. The van der Waals surface area contributed by atoms with E-state index in [1.165, 1.54) is 16.7 Å². The first-order valence-electron chi connectivity index (χ1n) is 6.34. The third-order valence-electron chi connectivity index (χ3n) is 3.08. The van der Waals surface area contributed by atoms with Crippen molar-refractivity contribution in [3.05, 3.63) is 29.0 Å². The quantitative estimate of drug-likeness (QED) is 0.865. The molecule has 1 amide bonds. The van der Waals surface area contributed by atoms with Crippen molar-refractivity contribution in [1.29, 1.82) is 0 Å². The standard InChI is InChI=1S/C13H15ClN2O3S/c1-2-4-11-16(9(7-20-11)13(18)19)12(17)8-5-3-6-10(14)15-8/h3,5-6,9,11H,2,4,7H2,1H3,(H,18,19). The summed E-state index contributed by atoms with van der Waals surface area (Å²) in [6, 6.07) is 3.97. The third-order valence-corrected chi connectivity index (χ3v) is 4.65. The van der Waals surface area contributed by atoms with Gasteiger partial charge in [0, 0.05) is 5.75 Å². The van der Waals surface area contributed by atoms with Crippen molar-refractivity contribution in [2.45, 2.75) is 31.2 Å². The lowest BCUT2D eigenvalue weighted by Crippen LogP contribution is -2.45. The molecule has 0 aliphatic carbocycles. The molecule has 1 aromatic rings. The number of hydrogen-bond acceptors (Lipinski definition) is 4. The zero-order valence-electron chi connectivity index (χ0n) is 11.0. The zero-order chi connectivity index (χ0) is 14.7. The van der Waals surface area contributed by atoms with Gasteiger partial charge in [0.05, 0.1) is 5.37 Å². The molecule has 7 heteroatoms. The Labute approximate surface area is 126 Å². The summed E-state index contributed by atoms with van der Waals surface area (Å²) in [6.45, 7) is 2.01. The van der Waals surface area contributed by atoms with E-state index in [4.69, 9.17) is 11.6 Å². The van der Waals surface area contributed by atoms with Crippen LogP contribution in [0.1, 0.15) is 30.3 Å². The lowest BCUT2D eigenvalue weighted by molar-refractivity contribution is -0.141. The van der Waals surface area contributed by atoms with Gasteiger partial charge in [-0.2, -0.15) is 0 Å². The maximum absolute atomic E-state index is 12.5. The van der Waals surface area contributed by atoms with Gasteiger partial charge < -0.3 is 10.0 Å². The molecule has 2 unspecified atom stereocenters. The summed E-state index contributed by atoms with van der Waals surface area (Å²) in [7, 11) is 0. The Balaban J connectivity index is 2.29. The molecule has 2 heterocycles. The Morgan fingerprint density at radius 3 is 2.90 bits per heavy atom. The van der Waals surface area contributed by atoms with Crippen molar-refractivity contribution in [2.24, 2.45) is 0 Å². The molecule has 5 nitrogen and oxygen atoms in total. The first kappa shape index (κ1) is 15.1. The van der Waals surface area contributed by atoms with Crippen molar-refractivity contribution in [1.82, 2.24) is 9.88 Å². The van der Waals surface area contributed by atoms with Gasteiger partial charge in [0.2, 0.25) is 0 Å². The first-order valence-corrected chi connectivity index (χ1v) is 7.77. The van der Waals surface area contributed by atoms with Crippen molar-refractivity contribution in [2.75, 3.05) is 5.75 Å². The molecule has 1 saturated heterocycles. The number of aromatic nitrogens is 1. The number of nitrogens with zero attached hydrogens (tertiary/aromatic N) is 2. The normalized spacial score (nSPS) is 22.0. The van der Waals surface area contributed by atoms with Gasteiger partial charge in [0.25, 0.3) is 5.91 Å². The molecule has 1 aliphatic heterocycles. The van der Waals surface area contributed by atoms with Gasteiger partial charge >= 0.3 is 5.97 Å². The lowest BCUT2D eigenvalue weighted by atomic mass is 10.2. The van der Waals surface area contributed by atoms with Gasteiger partial charge in [-0.05, 0) is 18.6 Å². The fourth-order valence-corrected chi connectivity index (χ4v) is 3.83. The monoisotopic (exact) mass is 314 g/mol. The molecule has 2 rings (SSSR count). The highest BCUT2D eigenvalue weighted by molar-refractivity contribution is 8.00. The highest BCUT2D eigenvalue weighted by Crippen LogP contribution is 2.33. The van der Waals surface area contributed by atoms with Crippen LogP contribution in [-0.4, -0.2) is 44.0 Å². The van der Waals surface area contributed by atoms with E-state index in [1.54, 1.807) is 18.2 Å². The number of carbonyl (C=O) groups is 2. The minimum atomic E-state index is -0.980. The van der Waals surface area contributed by atoms with Crippen molar-refractivity contribution >= 4 is 35.2 Å². The molecule has 0 saturated carbocycles. The number of rotatable bonds is 4. The number of aliphatic carboxylic acids is 1. The van der Waals surface area contributed by atoms with Crippen LogP contribution in [0.4, 0.5) is 0 Å². The van der Waals surface area contributed by atoms with Crippen molar-refractivity contribution in [3.8, 4) is 0 Å². The average molecular weight is 315 g/mol. The predicted octanol–water partition coefficient (Wildman–Crippen LogP) is 2.50. The molecule has 1 N–H and O–H groups in total. The van der Waals surface area contributed by atoms with E-state index in [-0.39, 0.29) is 22.1 Å². The van der Waals surface area contributed by atoms with Crippen LogP contribution >= 0.6 is 23.4 Å². The lowest BCUT2D eigenvalue weighted by Gasteiger charge is -2.26. The highest BCUT2D eigenvalue weighted by atomic mass is 35.5. The molecule has 0 radical (unpaired) electrons. The molecule has 1 fully saturated rings. The molecule has 108 valence electrons. The van der Waals surface area contributed by atoms with Gasteiger partial charge in [-0.15, -0.1) is 11.8 Å². The fourth-order valence-electron chi connectivity index (χ4n) is 2.16. The molecule has 0 spiro atoms. The Kier molecular flexibility index (Phi) is 4.88. The Bertz CT molecular complexity index is 526. The van der Waals surface area contributed by atoms with E-state index in [1.807, 2.05) is 6.92 Å². The predicted molar refractivity (Wildman–Crippen MR) is 78.0 cm³/mol. The molecule has 20 heavy (non-hydrogen) atoms. The van der Waals surface area contributed by atoms with Crippen molar-refractivity contribution in [3.63, 3.8) is 0 Å². The number of carbonyl (C=O) groups excluding carboxylic acids is 1. The second-order valence-corrected chi connectivity index (χ2v) is 6.09. The maximum Gasteiger partial charge on any atom is 0.327 e. The van der Waals surface area contributed by atoms with E-state index in [9.17, 15) is 14.7 Å². The molecule has 0 bridgehead atoms. The minimum Gasteiger partial charge on any atom is -0.480 e. The number of pyridine rings is 1. The topological polar surface area (TPSA) is 70.5 Å². The first-order chi connectivity index (χ1) is 9.54. The second kappa shape index (κ2) is 6.45. The maximum atomic E-state index is 12.5. The summed E-state index contributed by atoms with van der Waals surface area (Å²) >= 11 is 7.29. The molecular weight excluding hydrogens is 300 g/mol. The Morgan fingerprint density at radius 1 is 1.55 bits per heavy atom. The van der Waals surface area contributed by atoms with E-state index >= 15 is 0 Å². The van der Waals surface area contributed by atoms with Crippen LogP contribution in [0, 0.1) is 0 Å². The van der Waals surface area contributed by atoms with Crippen LogP contribution in [0.15, 0.2) is 18.2 Å². The number of halogens is 1. The van der Waals surface area contributed by atoms with Gasteiger partial charge in [-0.25, -0.2) is 9.78 Å². The Hall–Kier alpha value is -1.27. The molecule has 1 aliphatic rings. The van der Waals surface area contributed by atoms with E-state index < -0.39 is 12.0 Å². The van der Waals surface area contributed by atoms with Crippen LogP contribution in [0.3, 0.4) is 0 Å². The minimum absolute atomic E-state index is 0.116. The van der Waals surface area contributed by atoms with Crippen LogP contribution in [0.2, 0.25) is 5.15 Å². The summed E-state index contributed by atoms with van der Waals surface area (Å²) in [5.41, 5.74) is 0.187. The number of amides is 1. The summed E-state index contributed by atoms with van der Waals surface area (Å²) in [5.74, 6) is -0.943. The number of carboxylic acid groups (broad SMARTS) is 1. The summed E-state index contributed by atoms with van der Waals surface area (Å²) in [5, 5.41) is 9.37. The summed E-state index contributed by atoms with van der Waals surface area (Å²) < 4.78 is 0. The number of thioether (sulfide) groups is 1. The van der Waals surface area contributed by atoms with Gasteiger partial charge in [-0.1, -0.05) is 31.0 Å². The van der Waals surface area contributed by atoms with Gasteiger partial charge in [-0.3, -0.25) is 4.79 Å². The molecular formula is C13H15ClN2O3S. The van der Waals surface area contributed by atoms with Crippen LogP contribution in [0.25, 0.3) is 0 Å². The second-order valence-electron chi connectivity index (χ2n) is 4.49. The number of hydrogen-bond donors (Lipinski definition) is 1. The van der Waals surface area contributed by atoms with Crippen LogP contribution in [-0.2, 0) is 4.79 Å². The molecule has 0 aromatic carbocycles. The SMILES string of the molecule is CCCC1SCC(C(=O)O)N1C(=O)c1cccc(Cl)n1. The highest BCUT2D eigenvalue weighted by Gasteiger charge is 2.41. The largest absolute Gasteiger partial charge is 0.480 e.